The Kier molecular flexibility index (Phi) is 5.32. The molecule has 0 saturated carbocycles. The number of hydrogen-bond donors (Lipinski definition) is 1. The predicted octanol–water partition coefficient (Wildman–Crippen LogP) is 5.02. The number of nitrogens with one attached hydrogen (secondary N) is 1. The zero-order valence-electron chi connectivity index (χ0n) is 12.1. The van der Waals surface area contributed by atoms with Crippen LogP contribution in [0.1, 0.15) is 36.1 Å². The van der Waals surface area contributed by atoms with Gasteiger partial charge in [-0.2, -0.15) is 0 Å². The lowest BCUT2D eigenvalue weighted by molar-refractivity contribution is 0.503. The lowest BCUT2D eigenvalue weighted by atomic mass is 9.96. The van der Waals surface area contributed by atoms with Crippen LogP contribution in [-0.2, 0) is 0 Å². The average molecular weight is 310 g/mol. The monoisotopic (exact) mass is 309 g/mol. The van der Waals surface area contributed by atoms with Crippen LogP contribution < -0.4 is 5.32 Å². The van der Waals surface area contributed by atoms with Crippen LogP contribution in [0.3, 0.4) is 0 Å². The van der Waals surface area contributed by atoms with Gasteiger partial charge in [0.25, 0.3) is 0 Å². The molecule has 0 amide bonds. The molecule has 1 unspecified atom stereocenters. The van der Waals surface area contributed by atoms with Gasteiger partial charge in [0.05, 0.1) is 6.04 Å². The Morgan fingerprint density at radius 3 is 2.57 bits per heavy atom. The standard InChI is InChI=1S/C17H18ClF2N/c1-3-9-21-17(12-7-8-14(19)15(20)10-12)13-6-4-5-11(2)16(13)18/h4-8,10,17,21H,3,9H2,1-2H3. The van der Waals surface area contributed by atoms with E-state index in [4.69, 9.17) is 11.6 Å². The summed E-state index contributed by atoms with van der Waals surface area (Å²) >= 11 is 6.38. The van der Waals surface area contributed by atoms with E-state index in [0.717, 1.165) is 30.2 Å². The van der Waals surface area contributed by atoms with E-state index in [1.807, 2.05) is 32.0 Å². The summed E-state index contributed by atoms with van der Waals surface area (Å²) in [6.45, 7) is 4.73. The van der Waals surface area contributed by atoms with E-state index in [0.29, 0.717) is 10.6 Å². The van der Waals surface area contributed by atoms with Crippen LogP contribution in [0.4, 0.5) is 8.78 Å². The van der Waals surface area contributed by atoms with Gasteiger partial charge in [-0.3, -0.25) is 0 Å². The maximum absolute atomic E-state index is 13.5. The topological polar surface area (TPSA) is 12.0 Å². The van der Waals surface area contributed by atoms with Crippen molar-refractivity contribution in [2.75, 3.05) is 6.54 Å². The molecular formula is C17H18ClF2N. The van der Waals surface area contributed by atoms with Gasteiger partial charge in [0.2, 0.25) is 0 Å². The fraction of sp³-hybridized carbons (Fsp3) is 0.294. The molecule has 4 heteroatoms. The van der Waals surface area contributed by atoms with Crippen LogP contribution in [0.5, 0.6) is 0 Å². The zero-order valence-corrected chi connectivity index (χ0v) is 12.8. The summed E-state index contributed by atoms with van der Waals surface area (Å²) in [5, 5.41) is 3.99. The summed E-state index contributed by atoms with van der Waals surface area (Å²) in [5.41, 5.74) is 2.49. The Morgan fingerprint density at radius 1 is 1.14 bits per heavy atom. The molecule has 1 atom stereocenters. The normalized spacial score (nSPS) is 12.4. The summed E-state index contributed by atoms with van der Waals surface area (Å²) in [6.07, 6.45) is 0.934. The first-order valence-corrected chi connectivity index (χ1v) is 7.35. The molecule has 2 rings (SSSR count). The Labute approximate surface area is 128 Å². The van der Waals surface area contributed by atoms with Crippen molar-refractivity contribution >= 4 is 11.6 Å². The van der Waals surface area contributed by atoms with Gasteiger partial charge in [0.15, 0.2) is 11.6 Å². The third-order valence-electron chi connectivity index (χ3n) is 3.41. The third kappa shape index (κ3) is 3.60. The van der Waals surface area contributed by atoms with Crippen molar-refractivity contribution in [1.29, 1.82) is 0 Å². The van der Waals surface area contributed by atoms with Gasteiger partial charge in [-0.1, -0.05) is 42.8 Å². The molecule has 1 N–H and O–H groups in total. The Hall–Kier alpha value is -1.45. The quantitative estimate of drug-likeness (QED) is 0.818. The number of benzene rings is 2. The minimum Gasteiger partial charge on any atom is -0.306 e. The van der Waals surface area contributed by atoms with Crippen LogP contribution in [0.2, 0.25) is 5.02 Å². The van der Waals surface area contributed by atoms with E-state index in [9.17, 15) is 8.78 Å². The molecule has 0 fully saturated rings. The van der Waals surface area contributed by atoms with Gasteiger partial charge in [0, 0.05) is 5.02 Å². The van der Waals surface area contributed by atoms with Gasteiger partial charge < -0.3 is 5.32 Å². The molecule has 0 aliphatic carbocycles. The largest absolute Gasteiger partial charge is 0.306 e. The highest BCUT2D eigenvalue weighted by Gasteiger charge is 2.18. The summed E-state index contributed by atoms with van der Waals surface area (Å²) in [6, 6.07) is 9.45. The molecule has 0 radical (unpaired) electrons. The van der Waals surface area contributed by atoms with E-state index >= 15 is 0 Å². The Balaban J connectivity index is 2.47. The second-order valence-electron chi connectivity index (χ2n) is 5.04. The SMILES string of the molecule is CCCNC(c1ccc(F)c(F)c1)c1cccc(C)c1Cl. The van der Waals surface area contributed by atoms with Crippen molar-refractivity contribution in [3.63, 3.8) is 0 Å². The van der Waals surface area contributed by atoms with E-state index in [1.165, 1.54) is 6.07 Å². The van der Waals surface area contributed by atoms with E-state index in [1.54, 1.807) is 6.07 Å². The third-order valence-corrected chi connectivity index (χ3v) is 3.92. The molecule has 0 aliphatic rings. The molecule has 0 aliphatic heterocycles. The second-order valence-corrected chi connectivity index (χ2v) is 5.42. The summed E-state index contributed by atoms with van der Waals surface area (Å²) < 4.78 is 26.7. The predicted molar refractivity (Wildman–Crippen MR) is 82.7 cm³/mol. The Morgan fingerprint density at radius 2 is 1.90 bits per heavy atom. The van der Waals surface area contributed by atoms with Gasteiger partial charge in [-0.05, 0) is 48.7 Å². The molecule has 0 aromatic heterocycles. The molecule has 2 aromatic rings. The minimum absolute atomic E-state index is 0.257. The number of hydrogen-bond acceptors (Lipinski definition) is 1. The van der Waals surface area contributed by atoms with Crippen LogP contribution in [-0.4, -0.2) is 6.54 Å². The van der Waals surface area contributed by atoms with Crippen molar-refractivity contribution in [3.8, 4) is 0 Å². The lowest BCUT2D eigenvalue weighted by Gasteiger charge is -2.21. The fourth-order valence-electron chi connectivity index (χ4n) is 2.28. The van der Waals surface area contributed by atoms with E-state index in [-0.39, 0.29) is 6.04 Å². The summed E-state index contributed by atoms with van der Waals surface area (Å²) in [5.74, 6) is -1.69. The minimum atomic E-state index is -0.848. The van der Waals surface area contributed by atoms with Crippen LogP contribution in [0.15, 0.2) is 36.4 Å². The summed E-state index contributed by atoms with van der Waals surface area (Å²) in [7, 11) is 0. The van der Waals surface area contributed by atoms with Crippen LogP contribution in [0.25, 0.3) is 0 Å². The number of halogens is 3. The van der Waals surface area contributed by atoms with Crippen molar-refractivity contribution in [2.45, 2.75) is 26.3 Å². The van der Waals surface area contributed by atoms with Crippen molar-refractivity contribution in [2.24, 2.45) is 0 Å². The average Bonchev–Trinajstić information content (AvgIpc) is 2.47. The van der Waals surface area contributed by atoms with E-state index < -0.39 is 11.6 Å². The van der Waals surface area contributed by atoms with Crippen molar-refractivity contribution in [3.05, 3.63) is 69.7 Å². The fourth-order valence-corrected chi connectivity index (χ4v) is 2.52. The molecule has 1 nitrogen and oxygen atoms in total. The van der Waals surface area contributed by atoms with Crippen molar-refractivity contribution in [1.82, 2.24) is 5.32 Å². The van der Waals surface area contributed by atoms with Crippen LogP contribution >= 0.6 is 11.6 Å². The van der Waals surface area contributed by atoms with Crippen molar-refractivity contribution < 1.29 is 8.78 Å². The van der Waals surface area contributed by atoms with Crippen LogP contribution in [0, 0.1) is 18.6 Å². The summed E-state index contributed by atoms with van der Waals surface area (Å²) in [4.78, 5) is 0. The van der Waals surface area contributed by atoms with Gasteiger partial charge in [-0.15, -0.1) is 0 Å². The smallest absolute Gasteiger partial charge is 0.159 e. The molecule has 0 saturated heterocycles. The highest BCUT2D eigenvalue weighted by molar-refractivity contribution is 6.32. The van der Waals surface area contributed by atoms with Gasteiger partial charge >= 0.3 is 0 Å². The molecule has 112 valence electrons. The van der Waals surface area contributed by atoms with Gasteiger partial charge in [-0.25, -0.2) is 8.78 Å². The molecular weight excluding hydrogens is 292 g/mol. The van der Waals surface area contributed by atoms with Gasteiger partial charge in [0.1, 0.15) is 0 Å². The molecule has 0 spiro atoms. The first kappa shape index (κ1) is 15.9. The zero-order chi connectivity index (χ0) is 15.4. The lowest BCUT2D eigenvalue weighted by Crippen LogP contribution is -2.24. The number of aryl methyl sites for hydroxylation is 1. The molecule has 0 bridgehead atoms. The second kappa shape index (κ2) is 7.01. The highest BCUT2D eigenvalue weighted by Crippen LogP contribution is 2.31. The molecule has 2 aromatic carbocycles. The van der Waals surface area contributed by atoms with E-state index in [2.05, 4.69) is 5.32 Å². The first-order chi connectivity index (χ1) is 10.0. The maximum Gasteiger partial charge on any atom is 0.159 e. The maximum atomic E-state index is 13.5. The first-order valence-electron chi connectivity index (χ1n) is 6.98. The molecule has 21 heavy (non-hydrogen) atoms. The number of rotatable bonds is 5. The highest BCUT2D eigenvalue weighted by atomic mass is 35.5. The Bertz CT molecular complexity index is 628. The molecule has 0 heterocycles.